The molecule has 0 atom stereocenters. The van der Waals surface area contributed by atoms with Crippen molar-refractivity contribution in [2.75, 3.05) is 0 Å². The van der Waals surface area contributed by atoms with Gasteiger partial charge in [-0.2, -0.15) is 13.2 Å². The quantitative estimate of drug-likeness (QED) is 0.910. The number of hydrogen-bond acceptors (Lipinski definition) is 3. The van der Waals surface area contributed by atoms with Gasteiger partial charge in [-0.15, -0.1) is 0 Å². The normalized spacial score (nSPS) is 11.7. The first-order valence-electron chi connectivity index (χ1n) is 5.28. The van der Waals surface area contributed by atoms with Crippen molar-refractivity contribution in [3.8, 4) is 11.3 Å². The van der Waals surface area contributed by atoms with E-state index < -0.39 is 28.8 Å². The summed E-state index contributed by atoms with van der Waals surface area (Å²) in [5, 5.41) is 12.3. The summed E-state index contributed by atoms with van der Waals surface area (Å²) in [5.74, 6) is -1.49. The number of benzene rings is 1. The predicted molar refractivity (Wildman–Crippen MR) is 63.6 cm³/mol. The Bertz CT molecular complexity index is 679. The number of aromatic carboxylic acids is 1. The fourth-order valence-electron chi connectivity index (χ4n) is 1.77. The third-order valence-electron chi connectivity index (χ3n) is 2.62. The molecule has 20 heavy (non-hydrogen) atoms. The highest BCUT2D eigenvalue weighted by Crippen LogP contribution is 2.39. The first-order chi connectivity index (χ1) is 9.21. The van der Waals surface area contributed by atoms with Crippen molar-refractivity contribution in [2.24, 2.45) is 0 Å². The lowest BCUT2D eigenvalue weighted by molar-refractivity contribution is -0.137. The third-order valence-corrected chi connectivity index (χ3v) is 2.85. The number of aryl methyl sites for hydroxylation is 1. The maximum atomic E-state index is 13.0. The van der Waals surface area contributed by atoms with E-state index in [1.54, 1.807) is 0 Å². The number of alkyl halides is 3. The maximum Gasteiger partial charge on any atom is 0.417 e. The van der Waals surface area contributed by atoms with Crippen LogP contribution in [0.5, 0.6) is 0 Å². The van der Waals surface area contributed by atoms with E-state index in [4.69, 9.17) is 16.7 Å². The Balaban J connectivity index is 2.74. The van der Waals surface area contributed by atoms with E-state index in [1.165, 1.54) is 13.0 Å². The van der Waals surface area contributed by atoms with Gasteiger partial charge in [0.25, 0.3) is 0 Å². The van der Waals surface area contributed by atoms with Crippen LogP contribution in [0.25, 0.3) is 11.3 Å². The Kier molecular flexibility index (Phi) is 3.47. The van der Waals surface area contributed by atoms with E-state index in [9.17, 15) is 18.0 Å². The molecule has 0 saturated heterocycles. The van der Waals surface area contributed by atoms with Crippen LogP contribution in [0.15, 0.2) is 22.7 Å². The number of aromatic nitrogens is 1. The number of carboxylic acid groups (broad SMARTS) is 1. The Morgan fingerprint density at radius 1 is 1.40 bits per heavy atom. The van der Waals surface area contributed by atoms with Crippen molar-refractivity contribution >= 4 is 17.6 Å². The molecule has 0 bridgehead atoms. The molecule has 0 unspecified atom stereocenters. The van der Waals surface area contributed by atoms with Crippen LogP contribution in [0.3, 0.4) is 0 Å². The van der Waals surface area contributed by atoms with Gasteiger partial charge in [0.05, 0.1) is 5.56 Å². The van der Waals surface area contributed by atoms with Gasteiger partial charge in [-0.05, 0) is 19.1 Å². The van der Waals surface area contributed by atoms with Gasteiger partial charge in [0.15, 0.2) is 0 Å². The zero-order valence-electron chi connectivity index (χ0n) is 9.95. The van der Waals surface area contributed by atoms with Crippen molar-refractivity contribution in [2.45, 2.75) is 13.1 Å². The van der Waals surface area contributed by atoms with Crippen LogP contribution < -0.4 is 0 Å². The standard InChI is InChI=1S/C12H7ClF3NO3/c1-5-9(11(18)19)10(17-20-5)7-3-2-6(13)4-8(7)12(14,15)16/h2-4H,1H3,(H,18,19). The summed E-state index contributed by atoms with van der Waals surface area (Å²) in [6.45, 7) is 1.31. The minimum Gasteiger partial charge on any atom is -0.477 e. The van der Waals surface area contributed by atoms with E-state index >= 15 is 0 Å². The molecule has 0 spiro atoms. The summed E-state index contributed by atoms with van der Waals surface area (Å²) < 4.78 is 43.6. The van der Waals surface area contributed by atoms with Gasteiger partial charge in [-0.1, -0.05) is 22.8 Å². The number of hydrogen-bond donors (Lipinski definition) is 1. The van der Waals surface area contributed by atoms with Gasteiger partial charge in [0.1, 0.15) is 17.0 Å². The van der Waals surface area contributed by atoms with Gasteiger partial charge in [-0.3, -0.25) is 0 Å². The van der Waals surface area contributed by atoms with Crippen molar-refractivity contribution in [1.29, 1.82) is 0 Å². The Morgan fingerprint density at radius 2 is 2.05 bits per heavy atom. The molecule has 0 amide bonds. The summed E-state index contributed by atoms with van der Waals surface area (Å²) in [7, 11) is 0. The Labute approximate surface area is 115 Å². The van der Waals surface area contributed by atoms with Crippen molar-refractivity contribution < 1.29 is 27.6 Å². The lowest BCUT2D eigenvalue weighted by atomic mass is 10.0. The molecule has 106 valence electrons. The fraction of sp³-hybridized carbons (Fsp3) is 0.167. The summed E-state index contributed by atoms with van der Waals surface area (Å²) in [4.78, 5) is 11.1. The molecule has 4 nitrogen and oxygen atoms in total. The lowest BCUT2D eigenvalue weighted by Gasteiger charge is -2.11. The summed E-state index contributed by atoms with van der Waals surface area (Å²) in [6.07, 6.45) is -4.69. The number of carbonyl (C=O) groups is 1. The van der Waals surface area contributed by atoms with E-state index in [2.05, 4.69) is 9.68 Å². The summed E-state index contributed by atoms with van der Waals surface area (Å²) >= 11 is 5.56. The van der Waals surface area contributed by atoms with Crippen LogP contribution in [-0.4, -0.2) is 16.2 Å². The molecule has 0 aliphatic carbocycles. The Hall–Kier alpha value is -2.02. The lowest BCUT2D eigenvalue weighted by Crippen LogP contribution is -2.09. The van der Waals surface area contributed by atoms with Crippen LogP contribution in [-0.2, 0) is 6.18 Å². The molecule has 0 saturated carbocycles. The predicted octanol–water partition coefficient (Wildman–Crippen LogP) is 4.02. The zero-order valence-corrected chi connectivity index (χ0v) is 10.7. The van der Waals surface area contributed by atoms with Crippen LogP contribution in [0, 0.1) is 6.92 Å². The summed E-state index contributed by atoms with van der Waals surface area (Å²) in [5.41, 5.74) is -2.24. The molecule has 0 aliphatic rings. The highest BCUT2D eigenvalue weighted by molar-refractivity contribution is 6.30. The van der Waals surface area contributed by atoms with E-state index in [1.807, 2.05) is 0 Å². The molecule has 8 heteroatoms. The summed E-state index contributed by atoms with van der Waals surface area (Å²) in [6, 6.07) is 3.00. The third kappa shape index (κ3) is 2.49. The van der Waals surface area contributed by atoms with Gasteiger partial charge < -0.3 is 9.63 Å². The minimum atomic E-state index is -4.69. The molecule has 2 rings (SSSR count). The molecule has 0 aliphatic heterocycles. The molecule has 1 heterocycles. The molecule has 1 aromatic carbocycles. The molecular formula is C12H7ClF3NO3. The highest BCUT2D eigenvalue weighted by atomic mass is 35.5. The molecule has 1 N–H and O–H groups in total. The average Bonchev–Trinajstić information content (AvgIpc) is 2.70. The SMILES string of the molecule is Cc1onc(-c2ccc(Cl)cc2C(F)(F)F)c1C(=O)O. The van der Waals surface area contributed by atoms with Crippen LogP contribution in [0.2, 0.25) is 5.02 Å². The minimum absolute atomic E-state index is 0.0735. The van der Waals surface area contributed by atoms with E-state index in [-0.39, 0.29) is 16.5 Å². The van der Waals surface area contributed by atoms with E-state index in [0.717, 1.165) is 6.07 Å². The molecule has 1 aromatic heterocycles. The second-order valence-electron chi connectivity index (χ2n) is 3.96. The van der Waals surface area contributed by atoms with Crippen LogP contribution in [0.4, 0.5) is 13.2 Å². The first-order valence-corrected chi connectivity index (χ1v) is 5.66. The van der Waals surface area contributed by atoms with Crippen molar-refractivity contribution in [3.05, 3.63) is 40.1 Å². The molecule has 2 aromatic rings. The van der Waals surface area contributed by atoms with E-state index in [0.29, 0.717) is 6.07 Å². The number of rotatable bonds is 2. The fourth-order valence-corrected chi connectivity index (χ4v) is 1.94. The highest BCUT2D eigenvalue weighted by Gasteiger charge is 2.36. The smallest absolute Gasteiger partial charge is 0.417 e. The van der Waals surface area contributed by atoms with Gasteiger partial charge in [0.2, 0.25) is 0 Å². The first kappa shape index (κ1) is 14.4. The van der Waals surface area contributed by atoms with Crippen molar-refractivity contribution in [3.63, 3.8) is 0 Å². The Morgan fingerprint density at radius 3 is 2.60 bits per heavy atom. The number of nitrogens with zero attached hydrogens (tertiary/aromatic N) is 1. The zero-order chi connectivity index (χ0) is 15.1. The van der Waals surface area contributed by atoms with Crippen LogP contribution in [0.1, 0.15) is 21.7 Å². The topological polar surface area (TPSA) is 63.3 Å². The molecular weight excluding hydrogens is 299 g/mol. The second kappa shape index (κ2) is 4.82. The van der Waals surface area contributed by atoms with Crippen molar-refractivity contribution in [1.82, 2.24) is 5.16 Å². The second-order valence-corrected chi connectivity index (χ2v) is 4.39. The van der Waals surface area contributed by atoms with Crippen LogP contribution >= 0.6 is 11.6 Å². The average molecular weight is 306 g/mol. The maximum absolute atomic E-state index is 13.0. The largest absolute Gasteiger partial charge is 0.477 e. The monoisotopic (exact) mass is 305 g/mol. The number of carboxylic acids is 1. The molecule has 0 fully saturated rings. The molecule has 0 radical (unpaired) electrons. The van der Waals surface area contributed by atoms with Gasteiger partial charge in [-0.25, -0.2) is 4.79 Å². The number of halogens is 4. The van der Waals surface area contributed by atoms with Gasteiger partial charge in [0, 0.05) is 10.6 Å². The van der Waals surface area contributed by atoms with Gasteiger partial charge >= 0.3 is 12.1 Å².